The van der Waals surface area contributed by atoms with Gasteiger partial charge in [0, 0.05) is 32.4 Å². The molecule has 2 heterocycles. The number of methoxy groups -OCH3 is 1. The fraction of sp³-hybridized carbons (Fsp3) is 0.788. The van der Waals surface area contributed by atoms with Gasteiger partial charge in [0.05, 0.1) is 6.61 Å². The molecule has 2 rings (SSSR count). The lowest BCUT2D eigenvalue weighted by molar-refractivity contribution is -0.0903. The fourth-order valence-electron chi connectivity index (χ4n) is 5.38. The van der Waals surface area contributed by atoms with Crippen LogP contribution in [0.15, 0.2) is 18.5 Å². The van der Waals surface area contributed by atoms with Gasteiger partial charge in [0.15, 0.2) is 5.82 Å². The first-order valence-electron chi connectivity index (χ1n) is 17.2. The molecule has 4 N–H and O–H groups in total. The van der Waals surface area contributed by atoms with Gasteiger partial charge in [-0.1, -0.05) is 103 Å². The second-order valence-electron chi connectivity index (χ2n) is 12.0. The molecule has 0 radical (unpaired) electrons. The van der Waals surface area contributed by atoms with E-state index in [1.54, 1.807) is 12.1 Å². The predicted molar refractivity (Wildman–Crippen MR) is 179 cm³/mol. The predicted octanol–water partition coefficient (Wildman–Crippen LogP) is 6.93. The molecule has 12 nitrogen and oxygen atoms in total. The Hall–Kier alpha value is -2.10. The van der Waals surface area contributed by atoms with Gasteiger partial charge in [-0.05, 0) is 25.0 Å². The fourth-order valence-corrected chi connectivity index (χ4v) is 6.17. The van der Waals surface area contributed by atoms with Crippen LogP contribution in [0.1, 0.15) is 122 Å². The maximum atomic E-state index is 12.4. The highest BCUT2D eigenvalue weighted by Gasteiger charge is 2.42. The highest BCUT2D eigenvalue weighted by molar-refractivity contribution is 7.47. The van der Waals surface area contributed by atoms with Crippen LogP contribution in [0.4, 0.5) is 5.82 Å². The Balaban J connectivity index is 1.49. The summed E-state index contributed by atoms with van der Waals surface area (Å²) in [5.74, 6) is 0.265. The first-order valence-corrected chi connectivity index (χ1v) is 18.7. The Morgan fingerprint density at radius 1 is 0.913 bits per heavy atom. The van der Waals surface area contributed by atoms with Crippen molar-refractivity contribution in [2.75, 3.05) is 39.3 Å². The third kappa shape index (κ3) is 15.2. The Morgan fingerprint density at radius 2 is 1.48 bits per heavy atom. The first kappa shape index (κ1) is 40.1. The standard InChI is InChI=1S/C33H58N5O7P/c1-3-4-5-6-7-8-9-10-11-12-13-14-15-16-17-18-22-43-23-19-24-44-46(40,41)45-27-33(26-34,42-2)31(39)25-29-20-21-30-32(35)36-28-37-38(29)30/h20-21,28,31,39H,3-19,22-25,27H2,1-2H3,(H,40,41)(H2,35,36,37)/t31-,33+/m0/s1. The number of unbranched alkanes of at least 4 members (excludes halogenated alkanes) is 15. The lowest BCUT2D eigenvalue weighted by Crippen LogP contribution is -2.48. The Bertz CT molecular complexity index is 1180. The molecule has 1 unspecified atom stereocenters. The number of hydrogen-bond donors (Lipinski definition) is 3. The van der Waals surface area contributed by atoms with Crippen molar-refractivity contribution in [3.05, 3.63) is 24.2 Å². The molecule has 0 spiro atoms. The average molecular weight is 668 g/mol. The van der Waals surface area contributed by atoms with Gasteiger partial charge in [0.1, 0.15) is 30.6 Å². The molecule has 0 saturated carbocycles. The van der Waals surface area contributed by atoms with Crippen molar-refractivity contribution in [3.63, 3.8) is 0 Å². The van der Waals surface area contributed by atoms with E-state index in [1.807, 2.05) is 6.07 Å². The molecule has 0 aliphatic rings. The largest absolute Gasteiger partial charge is 0.472 e. The van der Waals surface area contributed by atoms with Gasteiger partial charge < -0.3 is 25.2 Å². The molecule has 0 aliphatic carbocycles. The molecular weight excluding hydrogens is 609 g/mol. The second kappa shape index (κ2) is 23.3. The van der Waals surface area contributed by atoms with E-state index in [-0.39, 0.29) is 18.8 Å². The zero-order valence-corrected chi connectivity index (χ0v) is 29.0. The van der Waals surface area contributed by atoms with Gasteiger partial charge in [-0.3, -0.25) is 9.05 Å². The molecule has 0 fully saturated rings. The zero-order chi connectivity index (χ0) is 33.5. The number of nitrogens with zero attached hydrogens (tertiary/aromatic N) is 4. The van der Waals surface area contributed by atoms with Gasteiger partial charge in [-0.2, -0.15) is 10.4 Å². The molecule has 2 aromatic heterocycles. The minimum absolute atomic E-state index is 0.0565. The van der Waals surface area contributed by atoms with E-state index in [1.165, 1.54) is 108 Å². The smallest absolute Gasteiger partial charge is 0.388 e. The number of phosphoric ester groups is 1. The van der Waals surface area contributed by atoms with E-state index in [2.05, 4.69) is 17.0 Å². The summed E-state index contributed by atoms with van der Waals surface area (Å²) in [4.78, 5) is 14.0. The number of aliphatic hydroxyl groups is 1. The summed E-state index contributed by atoms with van der Waals surface area (Å²) in [5, 5.41) is 24.8. The van der Waals surface area contributed by atoms with Crippen LogP contribution < -0.4 is 5.73 Å². The third-order valence-corrected chi connectivity index (χ3v) is 9.29. The van der Waals surface area contributed by atoms with Gasteiger partial charge in [0.2, 0.25) is 5.60 Å². The van der Waals surface area contributed by atoms with Crippen molar-refractivity contribution < 1.29 is 33.1 Å². The number of nitriles is 1. The van der Waals surface area contributed by atoms with Crippen LogP contribution in [0.25, 0.3) is 5.52 Å². The number of aromatic nitrogens is 3. The first-order chi connectivity index (χ1) is 22.3. The molecule has 2 aromatic rings. The summed E-state index contributed by atoms with van der Waals surface area (Å²) in [5.41, 5.74) is 5.01. The van der Waals surface area contributed by atoms with Crippen molar-refractivity contribution in [1.29, 1.82) is 5.26 Å². The van der Waals surface area contributed by atoms with Crippen molar-refractivity contribution in [2.45, 2.75) is 134 Å². The molecule has 13 heteroatoms. The lowest BCUT2D eigenvalue weighted by Gasteiger charge is -2.30. The van der Waals surface area contributed by atoms with Gasteiger partial charge in [-0.15, -0.1) is 0 Å². The maximum Gasteiger partial charge on any atom is 0.472 e. The van der Waals surface area contributed by atoms with E-state index in [0.29, 0.717) is 30.8 Å². The van der Waals surface area contributed by atoms with Crippen LogP contribution in [-0.4, -0.2) is 69.8 Å². The minimum Gasteiger partial charge on any atom is -0.388 e. The van der Waals surface area contributed by atoms with Crippen LogP contribution >= 0.6 is 7.82 Å². The quantitative estimate of drug-likeness (QED) is 0.0606. The summed E-state index contributed by atoms with van der Waals surface area (Å²) in [6.45, 7) is 2.57. The molecule has 0 aliphatic heterocycles. The van der Waals surface area contributed by atoms with Crippen LogP contribution in [0, 0.1) is 11.3 Å². The summed E-state index contributed by atoms with van der Waals surface area (Å²) in [6, 6.07) is 5.24. The number of ether oxygens (including phenoxy) is 2. The molecule has 262 valence electrons. The molecule has 3 atom stereocenters. The Morgan fingerprint density at radius 3 is 2.04 bits per heavy atom. The molecular formula is C33H58N5O7P. The van der Waals surface area contributed by atoms with Crippen molar-refractivity contribution >= 4 is 19.2 Å². The van der Waals surface area contributed by atoms with Gasteiger partial charge >= 0.3 is 7.82 Å². The van der Waals surface area contributed by atoms with E-state index in [0.717, 1.165) is 12.8 Å². The lowest BCUT2D eigenvalue weighted by atomic mass is 9.95. The summed E-state index contributed by atoms with van der Waals surface area (Å²) >= 11 is 0. The monoisotopic (exact) mass is 667 g/mol. The van der Waals surface area contributed by atoms with Gasteiger partial charge in [0.25, 0.3) is 0 Å². The number of nitrogen functional groups attached to an aromatic ring is 1. The van der Waals surface area contributed by atoms with Crippen molar-refractivity contribution in [2.24, 2.45) is 0 Å². The summed E-state index contributed by atoms with van der Waals surface area (Å²) in [6.07, 6.45) is 21.4. The van der Waals surface area contributed by atoms with Crippen LogP contribution in [-0.2, 0) is 29.5 Å². The zero-order valence-electron chi connectivity index (χ0n) is 28.1. The van der Waals surface area contributed by atoms with E-state index >= 15 is 0 Å². The summed E-state index contributed by atoms with van der Waals surface area (Å²) in [7, 11) is -3.29. The summed E-state index contributed by atoms with van der Waals surface area (Å²) < 4.78 is 34.9. The van der Waals surface area contributed by atoms with Crippen molar-refractivity contribution in [1.82, 2.24) is 14.6 Å². The maximum absolute atomic E-state index is 12.4. The van der Waals surface area contributed by atoms with Gasteiger partial charge in [-0.25, -0.2) is 14.1 Å². The number of anilines is 1. The molecule has 0 bridgehead atoms. The highest BCUT2D eigenvalue weighted by atomic mass is 31.2. The number of phosphoric acid groups is 1. The number of nitrogens with two attached hydrogens (primary N) is 1. The van der Waals surface area contributed by atoms with Crippen molar-refractivity contribution in [3.8, 4) is 6.07 Å². The normalized spacial score (nSPS) is 15.0. The Kier molecular flexibility index (Phi) is 20.3. The van der Waals surface area contributed by atoms with E-state index in [9.17, 15) is 19.8 Å². The average Bonchev–Trinajstić information content (AvgIpc) is 3.46. The topological polar surface area (TPSA) is 174 Å². The molecule has 0 amide bonds. The third-order valence-electron chi connectivity index (χ3n) is 8.33. The van der Waals surface area contributed by atoms with E-state index < -0.39 is 26.1 Å². The number of hydrogen-bond acceptors (Lipinski definition) is 10. The highest BCUT2D eigenvalue weighted by Crippen LogP contribution is 2.44. The second-order valence-corrected chi connectivity index (χ2v) is 13.5. The van der Waals surface area contributed by atoms with Crippen LogP contribution in [0.3, 0.4) is 0 Å². The Labute approximate surface area is 275 Å². The SMILES string of the molecule is CCCCCCCCCCCCCCCCCCOCCCOP(=O)(O)OC[C@@](C#N)(OC)[C@@H](O)Cc1ccc2c(N)ncnn12. The minimum atomic E-state index is -4.51. The van der Waals surface area contributed by atoms with E-state index in [4.69, 9.17) is 24.3 Å². The van der Waals surface area contributed by atoms with Crippen LogP contribution in [0.2, 0.25) is 0 Å². The number of rotatable bonds is 29. The molecule has 0 saturated heterocycles. The molecule has 0 aromatic carbocycles. The number of fused-ring (bicyclic) bond motifs is 1. The van der Waals surface area contributed by atoms with Crippen LogP contribution in [0.5, 0.6) is 0 Å². The number of aliphatic hydroxyl groups excluding tert-OH is 1. The molecule has 46 heavy (non-hydrogen) atoms.